The van der Waals surface area contributed by atoms with Gasteiger partial charge in [0.05, 0.1) is 23.2 Å². The Hall–Kier alpha value is -3.00. The predicted octanol–water partition coefficient (Wildman–Crippen LogP) is 3.59. The van der Waals surface area contributed by atoms with Crippen LogP contribution in [0, 0.1) is 0 Å². The Morgan fingerprint density at radius 1 is 1.16 bits per heavy atom. The summed E-state index contributed by atoms with van der Waals surface area (Å²) in [5, 5.41) is 1.17. The molecule has 3 aromatic rings. The van der Waals surface area contributed by atoms with Crippen LogP contribution in [-0.2, 0) is 11.3 Å². The molecule has 1 unspecified atom stereocenters. The number of amides is 1. The molecule has 0 saturated carbocycles. The average molecular weight is 454 g/mol. The van der Waals surface area contributed by atoms with Crippen molar-refractivity contribution in [2.75, 3.05) is 25.4 Å². The van der Waals surface area contributed by atoms with Crippen molar-refractivity contribution in [2.45, 2.75) is 38.1 Å². The lowest BCUT2D eigenvalue weighted by Crippen LogP contribution is -2.44. The molecule has 1 aliphatic rings. The number of thioether (sulfide) groups is 1. The van der Waals surface area contributed by atoms with Crippen LogP contribution >= 0.6 is 11.8 Å². The number of nitrogens with zero attached hydrogens (tertiary/aromatic N) is 3. The van der Waals surface area contributed by atoms with Crippen LogP contribution in [0.4, 0.5) is 0 Å². The molecule has 1 aromatic heterocycles. The normalized spacial score (nSPS) is 15.0. The third-order valence-corrected chi connectivity index (χ3v) is 6.29. The molecule has 1 aliphatic heterocycles. The second-order valence-electron chi connectivity index (χ2n) is 7.59. The third-order valence-electron chi connectivity index (χ3n) is 5.32. The number of fused-ring (bicyclic) bond motifs is 2. The predicted molar refractivity (Wildman–Crippen MR) is 126 cm³/mol. The molecule has 2 aromatic carbocycles. The van der Waals surface area contributed by atoms with Crippen LogP contribution in [0.25, 0.3) is 10.9 Å². The van der Waals surface area contributed by atoms with E-state index in [0.717, 1.165) is 12.2 Å². The molecule has 4 rings (SSSR count). The molecule has 0 fully saturated rings. The molecular weight excluding hydrogens is 426 g/mol. The average Bonchev–Trinajstić information content (AvgIpc) is 2.83. The van der Waals surface area contributed by atoms with E-state index in [9.17, 15) is 9.59 Å². The number of rotatable bonds is 8. The monoisotopic (exact) mass is 453 g/mol. The van der Waals surface area contributed by atoms with E-state index in [2.05, 4.69) is 4.98 Å². The van der Waals surface area contributed by atoms with Gasteiger partial charge in [-0.25, -0.2) is 4.98 Å². The first kappa shape index (κ1) is 22.2. The summed E-state index contributed by atoms with van der Waals surface area (Å²) in [7, 11) is 0. The standard InChI is InChI=1S/C24H27N3O4S/c1-3-13-27-23(29)18-9-5-6-10-19(18)25-24(27)32-16-22(28)26(4-2)14-17-15-30-20-11-7-8-12-21(20)31-17/h5-12,17H,3-4,13-16H2,1-2H3. The van der Waals surface area contributed by atoms with Crippen molar-refractivity contribution in [1.82, 2.24) is 14.5 Å². The summed E-state index contributed by atoms with van der Waals surface area (Å²) in [6.07, 6.45) is 0.582. The Morgan fingerprint density at radius 2 is 1.91 bits per heavy atom. The first-order chi connectivity index (χ1) is 15.6. The number of aromatic nitrogens is 2. The van der Waals surface area contributed by atoms with Crippen molar-refractivity contribution in [3.05, 3.63) is 58.9 Å². The Balaban J connectivity index is 1.45. The van der Waals surface area contributed by atoms with E-state index < -0.39 is 0 Å². The van der Waals surface area contributed by atoms with Gasteiger partial charge in [0.25, 0.3) is 5.56 Å². The van der Waals surface area contributed by atoms with Gasteiger partial charge >= 0.3 is 0 Å². The fourth-order valence-electron chi connectivity index (χ4n) is 3.70. The topological polar surface area (TPSA) is 73.7 Å². The fraction of sp³-hybridized carbons (Fsp3) is 0.375. The first-order valence-corrected chi connectivity index (χ1v) is 11.9. The van der Waals surface area contributed by atoms with Gasteiger partial charge in [0.1, 0.15) is 6.61 Å². The molecule has 0 bridgehead atoms. The van der Waals surface area contributed by atoms with E-state index in [-0.39, 0.29) is 23.3 Å². The van der Waals surface area contributed by atoms with Crippen molar-refractivity contribution >= 4 is 28.6 Å². The lowest BCUT2D eigenvalue weighted by Gasteiger charge is -2.30. The van der Waals surface area contributed by atoms with Gasteiger partial charge in [0, 0.05) is 13.1 Å². The number of likely N-dealkylation sites (N-methyl/N-ethyl adjacent to an activating group) is 1. The minimum absolute atomic E-state index is 0.0228. The highest BCUT2D eigenvalue weighted by Crippen LogP contribution is 2.31. The molecule has 32 heavy (non-hydrogen) atoms. The summed E-state index contributed by atoms with van der Waals surface area (Å²) in [6.45, 7) is 5.93. The van der Waals surface area contributed by atoms with Gasteiger partial charge in [-0.15, -0.1) is 0 Å². The molecule has 0 saturated heterocycles. The number of ether oxygens (including phenoxy) is 2. The van der Waals surface area contributed by atoms with Crippen molar-refractivity contribution in [2.24, 2.45) is 0 Å². The molecular formula is C24H27N3O4S. The highest BCUT2D eigenvalue weighted by molar-refractivity contribution is 7.99. The summed E-state index contributed by atoms with van der Waals surface area (Å²) in [4.78, 5) is 32.3. The molecule has 0 aliphatic carbocycles. The number of para-hydroxylation sites is 3. The molecule has 0 radical (unpaired) electrons. The van der Waals surface area contributed by atoms with Crippen molar-refractivity contribution in [3.63, 3.8) is 0 Å². The van der Waals surface area contributed by atoms with Crippen LogP contribution in [0.5, 0.6) is 11.5 Å². The van der Waals surface area contributed by atoms with Gasteiger partial charge in [-0.05, 0) is 37.6 Å². The molecule has 1 amide bonds. The quantitative estimate of drug-likeness (QED) is 0.383. The minimum atomic E-state index is -0.226. The maximum Gasteiger partial charge on any atom is 0.262 e. The molecule has 7 nitrogen and oxygen atoms in total. The summed E-state index contributed by atoms with van der Waals surface area (Å²) < 4.78 is 13.5. The van der Waals surface area contributed by atoms with E-state index in [1.165, 1.54) is 11.8 Å². The Morgan fingerprint density at radius 3 is 2.69 bits per heavy atom. The van der Waals surface area contributed by atoms with Crippen molar-refractivity contribution < 1.29 is 14.3 Å². The molecule has 2 heterocycles. The lowest BCUT2D eigenvalue weighted by molar-refractivity contribution is -0.129. The third kappa shape index (κ3) is 4.75. The zero-order valence-corrected chi connectivity index (χ0v) is 19.1. The summed E-state index contributed by atoms with van der Waals surface area (Å²) in [5.74, 6) is 1.60. The summed E-state index contributed by atoms with van der Waals surface area (Å²) in [5.41, 5.74) is 0.588. The number of hydrogen-bond donors (Lipinski definition) is 0. The Labute approximate surface area is 191 Å². The summed E-state index contributed by atoms with van der Waals surface area (Å²) >= 11 is 1.31. The highest BCUT2D eigenvalue weighted by Gasteiger charge is 2.25. The number of hydrogen-bond acceptors (Lipinski definition) is 6. The largest absolute Gasteiger partial charge is 0.486 e. The molecule has 8 heteroatoms. The molecule has 168 valence electrons. The zero-order chi connectivity index (χ0) is 22.5. The van der Waals surface area contributed by atoms with E-state index in [1.54, 1.807) is 15.5 Å². The van der Waals surface area contributed by atoms with Crippen LogP contribution in [0.2, 0.25) is 0 Å². The van der Waals surface area contributed by atoms with Gasteiger partial charge in [-0.1, -0.05) is 43.0 Å². The minimum Gasteiger partial charge on any atom is -0.486 e. The Kier molecular flexibility index (Phi) is 6.99. The maximum absolute atomic E-state index is 13.0. The van der Waals surface area contributed by atoms with E-state index in [0.29, 0.717) is 48.1 Å². The number of carbonyl (C=O) groups is 1. The van der Waals surface area contributed by atoms with E-state index in [1.807, 2.05) is 56.3 Å². The van der Waals surface area contributed by atoms with Crippen LogP contribution in [0.1, 0.15) is 20.3 Å². The fourth-order valence-corrected chi connectivity index (χ4v) is 4.63. The molecule has 0 spiro atoms. The van der Waals surface area contributed by atoms with Gasteiger partial charge in [0.15, 0.2) is 22.8 Å². The Bertz CT molecular complexity index is 1160. The molecule has 1 atom stereocenters. The number of benzene rings is 2. The number of carbonyl (C=O) groups excluding carboxylic acids is 1. The van der Waals surface area contributed by atoms with Crippen LogP contribution in [0.3, 0.4) is 0 Å². The first-order valence-electron chi connectivity index (χ1n) is 10.9. The van der Waals surface area contributed by atoms with Crippen molar-refractivity contribution in [3.8, 4) is 11.5 Å². The van der Waals surface area contributed by atoms with Gasteiger partial charge in [-0.2, -0.15) is 0 Å². The van der Waals surface area contributed by atoms with Crippen LogP contribution in [0.15, 0.2) is 58.5 Å². The van der Waals surface area contributed by atoms with E-state index >= 15 is 0 Å². The van der Waals surface area contributed by atoms with Crippen LogP contribution < -0.4 is 15.0 Å². The molecule has 0 N–H and O–H groups in total. The zero-order valence-electron chi connectivity index (χ0n) is 18.3. The maximum atomic E-state index is 13.0. The van der Waals surface area contributed by atoms with Crippen molar-refractivity contribution in [1.29, 1.82) is 0 Å². The van der Waals surface area contributed by atoms with Crippen LogP contribution in [-0.4, -0.2) is 51.9 Å². The SMILES string of the molecule is CCCn1c(SCC(=O)N(CC)CC2COc3ccccc3O2)nc2ccccc2c1=O. The summed E-state index contributed by atoms with van der Waals surface area (Å²) in [6, 6.07) is 14.9. The lowest BCUT2D eigenvalue weighted by atomic mass is 10.2. The smallest absolute Gasteiger partial charge is 0.262 e. The second kappa shape index (κ2) is 10.1. The van der Waals surface area contributed by atoms with Gasteiger partial charge in [-0.3, -0.25) is 14.2 Å². The van der Waals surface area contributed by atoms with Gasteiger partial charge < -0.3 is 14.4 Å². The highest BCUT2D eigenvalue weighted by atomic mass is 32.2. The van der Waals surface area contributed by atoms with E-state index in [4.69, 9.17) is 9.47 Å². The second-order valence-corrected chi connectivity index (χ2v) is 8.53. The van der Waals surface area contributed by atoms with Gasteiger partial charge in [0.2, 0.25) is 5.91 Å².